The molecule has 3 nitrogen and oxygen atoms in total. The standard InChI is InChI=1S/C12H14O3/c1-2-3-5-8-6-4-7-9-10(8)12(14)15-11(9)13/h2-4,6,8-10H,5,7H2,1H3. The van der Waals surface area contributed by atoms with Crippen molar-refractivity contribution < 1.29 is 14.3 Å². The molecule has 0 N–H and O–H groups in total. The van der Waals surface area contributed by atoms with E-state index in [2.05, 4.69) is 4.74 Å². The van der Waals surface area contributed by atoms with Crippen molar-refractivity contribution >= 4 is 11.9 Å². The van der Waals surface area contributed by atoms with Crippen LogP contribution < -0.4 is 0 Å². The summed E-state index contributed by atoms with van der Waals surface area (Å²) in [4.78, 5) is 22.8. The molecule has 2 rings (SSSR count). The minimum Gasteiger partial charge on any atom is -0.393 e. The minimum atomic E-state index is -0.347. The van der Waals surface area contributed by atoms with Gasteiger partial charge in [0.15, 0.2) is 0 Å². The maximum Gasteiger partial charge on any atom is 0.318 e. The van der Waals surface area contributed by atoms with E-state index in [-0.39, 0.29) is 29.7 Å². The molecule has 3 heteroatoms. The van der Waals surface area contributed by atoms with Crippen LogP contribution in [-0.4, -0.2) is 11.9 Å². The summed E-state index contributed by atoms with van der Waals surface area (Å²) in [6.45, 7) is 1.95. The number of hydrogen-bond donors (Lipinski definition) is 0. The van der Waals surface area contributed by atoms with E-state index < -0.39 is 0 Å². The Kier molecular flexibility index (Phi) is 2.71. The Morgan fingerprint density at radius 2 is 2.27 bits per heavy atom. The number of carbonyl (C=O) groups is 2. The monoisotopic (exact) mass is 206 g/mol. The van der Waals surface area contributed by atoms with Gasteiger partial charge in [-0.3, -0.25) is 9.59 Å². The number of rotatable bonds is 2. The highest BCUT2D eigenvalue weighted by Crippen LogP contribution is 2.38. The molecule has 1 saturated heterocycles. The van der Waals surface area contributed by atoms with Gasteiger partial charge in [-0.1, -0.05) is 24.3 Å². The molecule has 80 valence electrons. The highest BCUT2D eigenvalue weighted by atomic mass is 16.6. The first kappa shape index (κ1) is 10.1. The summed E-state index contributed by atoms with van der Waals surface area (Å²) in [5.74, 6) is -1.06. The topological polar surface area (TPSA) is 43.4 Å². The largest absolute Gasteiger partial charge is 0.393 e. The van der Waals surface area contributed by atoms with Gasteiger partial charge in [-0.2, -0.15) is 0 Å². The van der Waals surface area contributed by atoms with Gasteiger partial charge in [0.2, 0.25) is 0 Å². The van der Waals surface area contributed by atoms with E-state index in [4.69, 9.17) is 0 Å². The summed E-state index contributed by atoms with van der Waals surface area (Å²) in [5.41, 5.74) is 0. The summed E-state index contributed by atoms with van der Waals surface area (Å²) in [6, 6.07) is 0. The SMILES string of the molecule is CC=CCC1C=CCC2C(=O)OC(=O)C12. The van der Waals surface area contributed by atoms with Crippen molar-refractivity contribution in [3.05, 3.63) is 24.3 Å². The second-order valence-corrected chi connectivity index (χ2v) is 4.00. The fraction of sp³-hybridized carbons (Fsp3) is 0.500. The zero-order valence-corrected chi connectivity index (χ0v) is 8.68. The van der Waals surface area contributed by atoms with Gasteiger partial charge in [0.05, 0.1) is 11.8 Å². The van der Waals surface area contributed by atoms with E-state index in [9.17, 15) is 9.59 Å². The Labute approximate surface area is 88.8 Å². The van der Waals surface area contributed by atoms with Crippen LogP contribution >= 0.6 is 0 Å². The molecule has 2 aliphatic rings. The van der Waals surface area contributed by atoms with Crippen molar-refractivity contribution in [3.63, 3.8) is 0 Å². The predicted molar refractivity (Wildman–Crippen MR) is 54.8 cm³/mol. The number of hydrogen-bond acceptors (Lipinski definition) is 3. The highest BCUT2D eigenvalue weighted by molar-refractivity contribution is 5.97. The average Bonchev–Trinajstić information content (AvgIpc) is 2.53. The Bertz CT molecular complexity index is 341. The molecule has 1 fully saturated rings. The van der Waals surface area contributed by atoms with Gasteiger partial charge in [0.25, 0.3) is 0 Å². The van der Waals surface area contributed by atoms with E-state index >= 15 is 0 Å². The second-order valence-electron chi connectivity index (χ2n) is 4.00. The molecule has 0 saturated carbocycles. The van der Waals surface area contributed by atoms with Gasteiger partial charge in [-0.05, 0) is 25.7 Å². The van der Waals surface area contributed by atoms with Gasteiger partial charge in [-0.25, -0.2) is 0 Å². The number of fused-ring (bicyclic) bond motifs is 1. The molecule has 0 aromatic carbocycles. The summed E-state index contributed by atoms with van der Waals surface area (Å²) < 4.78 is 4.68. The minimum absolute atomic E-state index is 0.124. The quantitative estimate of drug-likeness (QED) is 0.393. The van der Waals surface area contributed by atoms with Crippen LogP contribution in [0.4, 0.5) is 0 Å². The van der Waals surface area contributed by atoms with Crippen LogP contribution in [0, 0.1) is 17.8 Å². The predicted octanol–water partition coefficient (Wildman–Crippen LogP) is 1.84. The van der Waals surface area contributed by atoms with Crippen molar-refractivity contribution in [2.24, 2.45) is 17.8 Å². The molecule has 0 aromatic rings. The Hall–Kier alpha value is -1.38. The van der Waals surface area contributed by atoms with Crippen LogP contribution in [0.5, 0.6) is 0 Å². The molecule has 15 heavy (non-hydrogen) atoms. The lowest BCUT2D eigenvalue weighted by Crippen LogP contribution is -2.27. The molecular weight excluding hydrogens is 192 g/mol. The van der Waals surface area contributed by atoms with Crippen molar-refractivity contribution in [2.45, 2.75) is 19.8 Å². The number of esters is 2. The molecular formula is C12H14O3. The Balaban J connectivity index is 2.19. The third-order valence-corrected chi connectivity index (χ3v) is 3.09. The number of allylic oxidation sites excluding steroid dienone is 4. The lowest BCUT2D eigenvalue weighted by Gasteiger charge is -2.23. The number of cyclic esters (lactones) is 2. The van der Waals surface area contributed by atoms with Crippen LogP contribution in [0.1, 0.15) is 19.8 Å². The second kappa shape index (κ2) is 4.01. The molecule has 3 atom stereocenters. The van der Waals surface area contributed by atoms with Crippen LogP contribution in [0.25, 0.3) is 0 Å². The maximum atomic E-state index is 11.5. The van der Waals surface area contributed by atoms with Crippen molar-refractivity contribution in [2.75, 3.05) is 0 Å². The van der Waals surface area contributed by atoms with Gasteiger partial charge < -0.3 is 4.74 Å². The summed E-state index contributed by atoms with van der Waals surface area (Å²) in [5, 5.41) is 0. The van der Waals surface area contributed by atoms with Crippen LogP contribution in [0.3, 0.4) is 0 Å². The molecule has 1 aliphatic carbocycles. The van der Waals surface area contributed by atoms with Crippen LogP contribution in [0.15, 0.2) is 24.3 Å². The number of carbonyl (C=O) groups excluding carboxylic acids is 2. The molecule has 0 aromatic heterocycles. The first-order chi connectivity index (χ1) is 7.24. The fourth-order valence-corrected chi connectivity index (χ4v) is 2.31. The normalized spacial score (nSPS) is 34.6. The van der Waals surface area contributed by atoms with Crippen molar-refractivity contribution in [1.29, 1.82) is 0 Å². The summed E-state index contributed by atoms with van der Waals surface area (Å²) in [6.07, 6.45) is 9.43. The first-order valence-corrected chi connectivity index (χ1v) is 5.27. The van der Waals surface area contributed by atoms with E-state index in [0.717, 1.165) is 6.42 Å². The third-order valence-electron chi connectivity index (χ3n) is 3.09. The van der Waals surface area contributed by atoms with Crippen molar-refractivity contribution in [1.82, 2.24) is 0 Å². The molecule has 1 heterocycles. The van der Waals surface area contributed by atoms with E-state index in [1.165, 1.54) is 0 Å². The van der Waals surface area contributed by atoms with Crippen LogP contribution in [0.2, 0.25) is 0 Å². The van der Waals surface area contributed by atoms with Gasteiger partial charge in [0, 0.05) is 0 Å². The van der Waals surface area contributed by atoms with Gasteiger partial charge >= 0.3 is 11.9 Å². The number of ether oxygens (including phenoxy) is 1. The maximum absolute atomic E-state index is 11.5. The lowest BCUT2D eigenvalue weighted by molar-refractivity contribution is -0.154. The molecule has 3 unspecified atom stereocenters. The molecule has 1 aliphatic heterocycles. The van der Waals surface area contributed by atoms with E-state index in [1.54, 1.807) is 0 Å². The molecule has 0 amide bonds. The zero-order chi connectivity index (χ0) is 10.8. The zero-order valence-electron chi connectivity index (χ0n) is 8.68. The van der Waals surface area contributed by atoms with Gasteiger partial charge in [0.1, 0.15) is 0 Å². The van der Waals surface area contributed by atoms with Crippen molar-refractivity contribution in [3.8, 4) is 0 Å². The Morgan fingerprint density at radius 3 is 3.00 bits per heavy atom. The average molecular weight is 206 g/mol. The summed E-state index contributed by atoms with van der Waals surface area (Å²) in [7, 11) is 0. The smallest absolute Gasteiger partial charge is 0.318 e. The third kappa shape index (κ3) is 1.74. The molecule has 0 bridgehead atoms. The van der Waals surface area contributed by atoms with Crippen LogP contribution in [-0.2, 0) is 14.3 Å². The summed E-state index contributed by atoms with van der Waals surface area (Å²) >= 11 is 0. The van der Waals surface area contributed by atoms with E-state index in [1.807, 2.05) is 31.2 Å². The lowest BCUT2D eigenvalue weighted by atomic mass is 9.76. The molecule has 0 spiro atoms. The molecule has 0 radical (unpaired) electrons. The Morgan fingerprint density at radius 1 is 1.47 bits per heavy atom. The highest BCUT2D eigenvalue weighted by Gasteiger charge is 2.47. The van der Waals surface area contributed by atoms with Gasteiger partial charge in [-0.15, -0.1) is 0 Å². The first-order valence-electron chi connectivity index (χ1n) is 5.27. The fourth-order valence-electron chi connectivity index (χ4n) is 2.31. The van der Waals surface area contributed by atoms with E-state index in [0.29, 0.717) is 6.42 Å².